The fraction of sp³-hybridized carbons (Fsp3) is 1.00. The monoisotopic (exact) mass is 134 g/mol. The molecule has 4 heteroatoms. The first-order valence-corrected chi connectivity index (χ1v) is 3.07. The summed E-state index contributed by atoms with van der Waals surface area (Å²) in [5, 5.41) is 10.3. The summed E-state index contributed by atoms with van der Waals surface area (Å²) < 4.78 is 10.1. The van der Waals surface area contributed by atoms with E-state index >= 15 is 0 Å². The standard InChI is InChI=1S/C4H9NO2P/c1-4(2,8-7)5(3)6/h1-3H3. The zero-order valence-corrected chi connectivity index (χ0v) is 6.11. The molecule has 0 aliphatic rings. The van der Waals surface area contributed by atoms with Crippen molar-refractivity contribution in [2.45, 2.75) is 19.1 Å². The van der Waals surface area contributed by atoms with Gasteiger partial charge in [-0.05, 0) is 13.8 Å². The van der Waals surface area contributed by atoms with Gasteiger partial charge in [0.05, 0.1) is 0 Å². The first kappa shape index (κ1) is 8.02. The quantitative estimate of drug-likeness (QED) is 0.421. The van der Waals surface area contributed by atoms with Crippen LogP contribution in [0, 0.1) is 0 Å². The molecule has 0 atom stereocenters. The van der Waals surface area contributed by atoms with E-state index < -0.39 is 5.28 Å². The van der Waals surface area contributed by atoms with E-state index in [1.165, 1.54) is 7.05 Å². The van der Waals surface area contributed by atoms with Gasteiger partial charge in [0.15, 0.2) is 8.46 Å². The van der Waals surface area contributed by atoms with Crippen molar-refractivity contribution >= 4 is 8.46 Å². The van der Waals surface area contributed by atoms with Gasteiger partial charge in [0, 0.05) is 7.05 Å². The summed E-state index contributed by atoms with van der Waals surface area (Å²) in [6.07, 6.45) is 0. The maximum atomic E-state index is 10.4. The molecule has 1 radical (unpaired) electrons. The fourth-order valence-corrected chi connectivity index (χ4v) is 0.172. The molecule has 0 fully saturated rings. The van der Waals surface area contributed by atoms with Crippen molar-refractivity contribution in [2.24, 2.45) is 0 Å². The van der Waals surface area contributed by atoms with Crippen LogP contribution < -0.4 is 0 Å². The van der Waals surface area contributed by atoms with Crippen LogP contribution in [0.25, 0.3) is 0 Å². The van der Waals surface area contributed by atoms with E-state index in [4.69, 9.17) is 0 Å². The fourth-order valence-electron chi connectivity index (χ4n) is 0.0575. The molecule has 3 nitrogen and oxygen atoms in total. The molecule has 0 aliphatic carbocycles. The summed E-state index contributed by atoms with van der Waals surface area (Å²) in [6, 6.07) is 0. The van der Waals surface area contributed by atoms with Crippen LogP contribution in [0.4, 0.5) is 0 Å². The molecule has 0 saturated carbocycles. The summed E-state index contributed by atoms with van der Waals surface area (Å²) in [6.45, 7) is 3.21. The molecule has 0 heterocycles. The second kappa shape index (κ2) is 2.53. The molecule has 47 valence electrons. The van der Waals surface area contributed by atoms with Crippen molar-refractivity contribution in [3.63, 3.8) is 0 Å². The van der Waals surface area contributed by atoms with Crippen LogP contribution in [-0.2, 0) is 9.77 Å². The highest BCUT2D eigenvalue weighted by Gasteiger charge is 2.23. The molecule has 0 rings (SSSR count). The lowest BCUT2D eigenvalue weighted by Crippen LogP contribution is -2.31. The summed E-state index contributed by atoms with van der Waals surface area (Å²) in [4.78, 5) is 0. The van der Waals surface area contributed by atoms with Crippen molar-refractivity contribution < 1.29 is 9.77 Å². The molecule has 8 heavy (non-hydrogen) atoms. The Balaban J connectivity index is 3.90. The highest BCUT2D eigenvalue weighted by Crippen LogP contribution is 2.22. The van der Waals surface area contributed by atoms with Gasteiger partial charge < -0.3 is 0 Å². The Bertz CT molecular complexity index is 92.0. The van der Waals surface area contributed by atoms with Crippen molar-refractivity contribution in [3.8, 4) is 0 Å². The summed E-state index contributed by atoms with van der Waals surface area (Å²) >= 11 is 0. The van der Waals surface area contributed by atoms with Gasteiger partial charge in [-0.1, -0.05) is 0 Å². The molecule has 0 aromatic rings. The van der Waals surface area contributed by atoms with Gasteiger partial charge in [0.25, 0.3) is 0 Å². The number of hydroxylamine groups is 2. The van der Waals surface area contributed by atoms with Crippen LogP contribution in [-0.4, -0.2) is 17.4 Å². The van der Waals surface area contributed by atoms with Gasteiger partial charge in [0.2, 0.25) is 0 Å². The van der Waals surface area contributed by atoms with Crippen LogP contribution >= 0.6 is 8.46 Å². The molecule has 0 N–H and O–H groups in total. The van der Waals surface area contributed by atoms with Gasteiger partial charge >= 0.3 is 0 Å². The van der Waals surface area contributed by atoms with E-state index in [1.54, 1.807) is 13.8 Å². The highest BCUT2D eigenvalue weighted by molar-refractivity contribution is 7.25. The SMILES string of the molecule is CN([O])C(C)(C)P=O. The third kappa shape index (κ3) is 1.86. The lowest BCUT2D eigenvalue weighted by molar-refractivity contribution is -0.170. The van der Waals surface area contributed by atoms with Gasteiger partial charge in [-0.2, -0.15) is 0 Å². The zero-order chi connectivity index (χ0) is 6.78. The Hall–Kier alpha value is 0.0200. The van der Waals surface area contributed by atoms with Crippen LogP contribution in [0.5, 0.6) is 0 Å². The minimum absolute atomic E-state index is 0.137. The molecular weight excluding hydrogens is 125 g/mol. The lowest BCUT2D eigenvalue weighted by Gasteiger charge is -2.18. The van der Waals surface area contributed by atoms with E-state index in [2.05, 4.69) is 0 Å². The van der Waals surface area contributed by atoms with E-state index in [0.29, 0.717) is 5.06 Å². The molecule has 0 aromatic heterocycles. The molecule has 0 spiro atoms. The number of hydrogen-bond acceptors (Lipinski definition) is 2. The van der Waals surface area contributed by atoms with Gasteiger partial charge in [0.1, 0.15) is 5.28 Å². The predicted octanol–water partition coefficient (Wildman–Crippen LogP) is 1.29. The third-order valence-corrected chi connectivity index (χ3v) is 1.72. The summed E-state index contributed by atoms with van der Waals surface area (Å²) in [5.74, 6) is 0. The summed E-state index contributed by atoms with van der Waals surface area (Å²) in [7, 11) is 1.22. The van der Waals surface area contributed by atoms with Crippen molar-refractivity contribution in [1.29, 1.82) is 0 Å². The van der Waals surface area contributed by atoms with Crippen molar-refractivity contribution in [3.05, 3.63) is 0 Å². The lowest BCUT2D eigenvalue weighted by atomic mass is 10.4. The zero-order valence-electron chi connectivity index (χ0n) is 5.21. The van der Waals surface area contributed by atoms with Crippen LogP contribution in [0.3, 0.4) is 0 Å². The molecule has 0 aromatic carbocycles. The topological polar surface area (TPSA) is 40.2 Å². The Morgan fingerprint density at radius 3 is 1.88 bits per heavy atom. The normalized spacial score (nSPS) is 13.1. The number of rotatable bonds is 2. The van der Waals surface area contributed by atoms with Gasteiger partial charge in [-0.3, -0.25) is 4.57 Å². The van der Waals surface area contributed by atoms with E-state index in [1.807, 2.05) is 0 Å². The van der Waals surface area contributed by atoms with Crippen LogP contribution in [0.1, 0.15) is 13.8 Å². The molecular formula is C4H9NO2P. The van der Waals surface area contributed by atoms with Crippen molar-refractivity contribution in [2.75, 3.05) is 7.05 Å². The predicted molar refractivity (Wildman–Crippen MR) is 30.1 cm³/mol. The Morgan fingerprint density at radius 1 is 1.50 bits per heavy atom. The average Bonchev–Trinajstić information content (AvgIpc) is 1.67. The third-order valence-electron chi connectivity index (χ3n) is 0.994. The Kier molecular flexibility index (Phi) is 2.54. The molecule has 0 unspecified atom stereocenters. The maximum absolute atomic E-state index is 10.4. The number of hydrogen-bond donors (Lipinski definition) is 0. The van der Waals surface area contributed by atoms with Gasteiger partial charge in [-0.25, -0.2) is 0 Å². The molecule has 0 bridgehead atoms. The van der Waals surface area contributed by atoms with E-state index in [0.717, 1.165) is 0 Å². The Labute approximate surface area is 50.5 Å². The largest absolute Gasteiger partial charge is 0.273 e. The average molecular weight is 134 g/mol. The van der Waals surface area contributed by atoms with E-state index in [-0.39, 0.29) is 8.46 Å². The first-order valence-electron chi connectivity index (χ1n) is 2.26. The minimum atomic E-state index is -0.764. The number of nitrogens with zero attached hydrogens (tertiary/aromatic N) is 1. The van der Waals surface area contributed by atoms with Gasteiger partial charge in [-0.15, -0.1) is 10.3 Å². The molecule has 0 amide bonds. The summed E-state index contributed by atoms with van der Waals surface area (Å²) in [5.41, 5.74) is 0. The van der Waals surface area contributed by atoms with Crippen molar-refractivity contribution in [1.82, 2.24) is 5.06 Å². The van der Waals surface area contributed by atoms with Crippen LogP contribution in [0.15, 0.2) is 0 Å². The first-order chi connectivity index (χ1) is 3.50. The Morgan fingerprint density at radius 2 is 1.88 bits per heavy atom. The smallest absolute Gasteiger partial charge is 0.179 e. The molecule has 0 aliphatic heterocycles. The minimum Gasteiger partial charge on any atom is -0.273 e. The maximum Gasteiger partial charge on any atom is 0.179 e. The second-order valence-corrected chi connectivity index (χ2v) is 3.36. The highest BCUT2D eigenvalue weighted by atomic mass is 31.1. The van der Waals surface area contributed by atoms with E-state index in [9.17, 15) is 9.77 Å². The molecule has 0 saturated heterocycles. The van der Waals surface area contributed by atoms with Crippen LogP contribution in [0.2, 0.25) is 0 Å². The second-order valence-electron chi connectivity index (χ2n) is 2.08.